The SMILES string of the molecule is CCOc1cc2c(c3[nH]c(C(=O)Nc4nncs4)cc13)OC(C)C2. The lowest BCUT2D eigenvalue weighted by molar-refractivity contribution is 0.102. The molecule has 0 saturated carbocycles. The van der Waals surface area contributed by atoms with Gasteiger partial charge in [-0.05, 0) is 26.0 Å². The second-order valence-electron chi connectivity index (χ2n) is 5.60. The van der Waals surface area contributed by atoms with Gasteiger partial charge in [0.2, 0.25) is 5.13 Å². The number of rotatable bonds is 4. The van der Waals surface area contributed by atoms with Crippen LogP contribution in [0, 0.1) is 0 Å². The Labute approximate surface area is 142 Å². The number of benzene rings is 1. The summed E-state index contributed by atoms with van der Waals surface area (Å²) in [6.07, 6.45) is 0.943. The maximum Gasteiger partial charge on any atom is 0.273 e. The van der Waals surface area contributed by atoms with E-state index < -0.39 is 0 Å². The summed E-state index contributed by atoms with van der Waals surface area (Å²) >= 11 is 1.27. The van der Waals surface area contributed by atoms with Crippen LogP contribution in [0.5, 0.6) is 11.5 Å². The highest BCUT2D eigenvalue weighted by Gasteiger charge is 2.26. The zero-order valence-electron chi connectivity index (χ0n) is 13.3. The van der Waals surface area contributed by atoms with E-state index in [4.69, 9.17) is 9.47 Å². The first-order valence-electron chi connectivity index (χ1n) is 7.71. The molecule has 1 amide bonds. The summed E-state index contributed by atoms with van der Waals surface area (Å²) in [7, 11) is 0. The molecule has 1 atom stereocenters. The number of fused-ring (bicyclic) bond motifs is 3. The van der Waals surface area contributed by atoms with E-state index in [0.29, 0.717) is 17.4 Å². The number of nitrogens with zero attached hydrogens (tertiary/aromatic N) is 2. The number of H-pyrrole nitrogens is 1. The van der Waals surface area contributed by atoms with Gasteiger partial charge in [-0.3, -0.25) is 10.1 Å². The lowest BCUT2D eigenvalue weighted by Gasteiger charge is -2.08. The monoisotopic (exact) mass is 344 g/mol. The van der Waals surface area contributed by atoms with Crippen molar-refractivity contribution in [3.8, 4) is 11.5 Å². The first-order valence-corrected chi connectivity index (χ1v) is 8.59. The van der Waals surface area contributed by atoms with Crippen LogP contribution in [0.15, 0.2) is 17.6 Å². The predicted octanol–water partition coefficient (Wildman–Crippen LogP) is 2.99. The molecule has 0 aliphatic carbocycles. The largest absolute Gasteiger partial charge is 0.493 e. The average molecular weight is 344 g/mol. The first kappa shape index (κ1) is 14.9. The Morgan fingerprint density at radius 2 is 2.42 bits per heavy atom. The Hall–Kier alpha value is -2.61. The molecule has 1 unspecified atom stereocenters. The molecule has 1 aromatic carbocycles. The molecular formula is C16H16N4O3S. The Morgan fingerprint density at radius 3 is 3.17 bits per heavy atom. The summed E-state index contributed by atoms with van der Waals surface area (Å²) in [6, 6.07) is 3.79. The highest BCUT2D eigenvalue weighted by Crippen LogP contribution is 2.41. The van der Waals surface area contributed by atoms with E-state index in [1.807, 2.05) is 19.9 Å². The number of carbonyl (C=O) groups is 1. The Kier molecular flexibility index (Phi) is 3.61. The fourth-order valence-corrected chi connectivity index (χ4v) is 3.36. The molecule has 3 heterocycles. The van der Waals surface area contributed by atoms with Crippen molar-refractivity contribution in [1.29, 1.82) is 0 Å². The third kappa shape index (κ3) is 2.48. The lowest BCUT2D eigenvalue weighted by Crippen LogP contribution is -2.12. The van der Waals surface area contributed by atoms with Crippen LogP contribution in [0.1, 0.15) is 29.9 Å². The van der Waals surface area contributed by atoms with Crippen molar-refractivity contribution < 1.29 is 14.3 Å². The summed E-state index contributed by atoms with van der Waals surface area (Å²) < 4.78 is 11.7. The highest BCUT2D eigenvalue weighted by molar-refractivity contribution is 7.13. The molecular weight excluding hydrogens is 328 g/mol. The number of amides is 1. The van der Waals surface area contributed by atoms with Crippen molar-refractivity contribution in [2.75, 3.05) is 11.9 Å². The van der Waals surface area contributed by atoms with Crippen LogP contribution in [-0.4, -0.2) is 33.8 Å². The summed E-state index contributed by atoms with van der Waals surface area (Å²) in [4.78, 5) is 15.6. The van der Waals surface area contributed by atoms with Crippen LogP contribution in [-0.2, 0) is 6.42 Å². The fourth-order valence-electron chi connectivity index (χ4n) is 2.92. The van der Waals surface area contributed by atoms with Crippen molar-refractivity contribution in [3.63, 3.8) is 0 Å². The number of nitrogens with one attached hydrogen (secondary N) is 2. The minimum atomic E-state index is -0.273. The van der Waals surface area contributed by atoms with Gasteiger partial charge >= 0.3 is 0 Å². The molecule has 4 rings (SSSR count). The number of hydrogen-bond acceptors (Lipinski definition) is 6. The minimum Gasteiger partial charge on any atom is -0.493 e. The van der Waals surface area contributed by atoms with Crippen LogP contribution in [0.2, 0.25) is 0 Å². The third-order valence-corrected chi connectivity index (χ3v) is 4.47. The molecule has 0 saturated heterocycles. The van der Waals surface area contributed by atoms with Gasteiger partial charge in [-0.2, -0.15) is 0 Å². The summed E-state index contributed by atoms with van der Waals surface area (Å²) in [5.74, 6) is 1.29. The number of carbonyl (C=O) groups excluding carboxylic acids is 1. The number of ether oxygens (including phenoxy) is 2. The molecule has 0 spiro atoms. The number of aromatic nitrogens is 3. The number of hydrogen-bond donors (Lipinski definition) is 2. The molecule has 0 radical (unpaired) electrons. The molecule has 8 heteroatoms. The van der Waals surface area contributed by atoms with Gasteiger partial charge in [0.1, 0.15) is 28.8 Å². The van der Waals surface area contributed by atoms with Crippen LogP contribution >= 0.6 is 11.3 Å². The van der Waals surface area contributed by atoms with E-state index in [2.05, 4.69) is 20.5 Å². The van der Waals surface area contributed by atoms with Crippen molar-refractivity contribution in [2.24, 2.45) is 0 Å². The van der Waals surface area contributed by atoms with E-state index in [-0.39, 0.29) is 12.0 Å². The fraction of sp³-hybridized carbons (Fsp3) is 0.312. The summed E-state index contributed by atoms with van der Waals surface area (Å²) in [5, 5.41) is 11.6. The summed E-state index contributed by atoms with van der Waals surface area (Å²) in [6.45, 7) is 4.52. The molecule has 0 bridgehead atoms. The molecule has 124 valence electrons. The van der Waals surface area contributed by atoms with Gasteiger partial charge in [0.25, 0.3) is 5.91 Å². The number of anilines is 1. The summed E-state index contributed by atoms with van der Waals surface area (Å²) in [5.41, 5.74) is 3.88. The zero-order chi connectivity index (χ0) is 16.7. The molecule has 0 fully saturated rings. The number of aromatic amines is 1. The molecule has 24 heavy (non-hydrogen) atoms. The first-order chi connectivity index (χ1) is 11.7. The van der Waals surface area contributed by atoms with Crippen molar-refractivity contribution >= 4 is 33.3 Å². The standard InChI is InChI=1S/C16H16N4O3S/c1-3-22-12-5-9-4-8(2)23-14(9)13-10(12)6-11(18-13)15(21)19-16-20-17-7-24-16/h5-8,18H,3-4H2,1-2H3,(H,19,20,21). The Bertz CT molecular complexity index is 904. The van der Waals surface area contributed by atoms with Gasteiger partial charge in [-0.15, -0.1) is 10.2 Å². The van der Waals surface area contributed by atoms with E-state index in [9.17, 15) is 4.79 Å². The van der Waals surface area contributed by atoms with E-state index in [0.717, 1.165) is 34.4 Å². The molecule has 7 nitrogen and oxygen atoms in total. The maximum absolute atomic E-state index is 12.4. The highest BCUT2D eigenvalue weighted by atomic mass is 32.1. The van der Waals surface area contributed by atoms with Gasteiger partial charge in [0.15, 0.2) is 0 Å². The van der Waals surface area contributed by atoms with E-state index in [1.165, 1.54) is 11.3 Å². The van der Waals surface area contributed by atoms with Gasteiger partial charge < -0.3 is 14.5 Å². The zero-order valence-corrected chi connectivity index (χ0v) is 14.1. The molecule has 1 aliphatic rings. The van der Waals surface area contributed by atoms with Crippen molar-refractivity contribution in [1.82, 2.24) is 15.2 Å². The lowest BCUT2D eigenvalue weighted by atomic mass is 10.1. The van der Waals surface area contributed by atoms with Crippen molar-refractivity contribution in [3.05, 3.63) is 28.9 Å². The molecule has 2 N–H and O–H groups in total. The van der Waals surface area contributed by atoms with E-state index >= 15 is 0 Å². The topological polar surface area (TPSA) is 89.1 Å². The average Bonchev–Trinajstić information content (AvgIpc) is 3.25. The molecule has 3 aromatic rings. The minimum absolute atomic E-state index is 0.113. The predicted molar refractivity (Wildman–Crippen MR) is 91.1 cm³/mol. The normalized spacial score (nSPS) is 16.0. The van der Waals surface area contributed by atoms with Crippen LogP contribution in [0.3, 0.4) is 0 Å². The van der Waals surface area contributed by atoms with Gasteiger partial charge in [-0.25, -0.2) is 0 Å². The quantitative estimate of drug-likeness (QED) is 0.759. The maximum atomic E-state index is 12.4. The van der Waals surface area contributed by atoms with Gasteiger partial charge in [0, 0.05) is 17.4 Å². The van der Waals surface area contributed by atoms with Crippen LogP contribution < -0.4 is 14.8 Å². The van der Waals surface area contributed by atoms with Gasteiger partial charge in [0.05, 0.1) is 12.1 Å². The molecule has 1 aliphatic heterocycles. The Morgan fingerprint density at radius 1 is 1.54 bits per heavy atom. The van der Waals surface area contributed by atoms with Gasteiger partial charge in [-0.1, -0.05) is 11.3 Å². The second-order valence-corrected chi connectivity index (χ2v) is 6.43. The third-order valence-electron chi connectivity index (χ3n) is 3.86. The van der Waals surface area contributed by atoms with Crippen LogP contribution in [0.25, 0.3) is 10.9 Å². The van der Waals surface area contributed by atoms with Crippen molar-refractivity contribution in [2.45, 2.75) is 26.4 Å². The van der Waals surface area contributed by atoms with E-state index in [1.54, 1.807) is 11.6 Å². The Balaban J connectivity index is 1.77. The smallest absolute Gasteiger partial charge is 0.273 e. The second kappa shape index (κ2) is 5.79. The molecule has 2 aromatic heterocycles. The van der Waals surface area contributed by atoms with Crippen LogP contribution in [0.4, 0.5) is 5.13 Å².